The Bertz CT molecular complexity index is 154. The summed E-state index contributed by atoms with van der Waals surface area (Å²) in [4.78, 5) is 0. The van der Waals surface area contributed by atoms with Gasteiger partial charge in [0.1, 0.15) is 0 Å². The van der Waals surface area contributed by atoms with Gasteiger partial charge in [0.05, 0.1) is 0 Å². The molecule has 15 heavy (non-hydrogen) atoms. The van der Waals surface area contributed by atoms with Crippen molar-refractivity contribution in [2.75, 3.05) is 13.2 Å². The van der Waals surface area contributed by atoms with E-state index in [2.05, 4.69) is 0 Å². The molecule has 2 aliphatic heterocycles. The van der Waals surface area contributed by atoms with E-state index in [1.54, 1.807) is 0 Å². The molecular formula is C10H18O2Se3. The van der Waals surface area contributed by atoms with Crippen molar-refractivity contribution < 1.29 is 9.47 Å². The summed E-state index contributed by atoms with van der Waals surface area (Å²) in [5.41, 5.74) is 0. The summed E-state index contributed by atoms with van der Waals surface area (Å²) in [6, 6.07) is 0. The van der Waals surface area contributed by atoms with E-state index in [0.717, 1.165) is 58.1 Å². The summed E-state index contributed by atoms with van der Waals surface area (Å²) < 4.78 is 10.4. The van der Waals surface area contributed by atoms with E-state index in [9.17, 15) is 0 Å². The van der Waals surface area contributed by atoms with E-state index in [1.807, 2.05) is 0 Å². The minimum absolute atomic E-state index is 0.680. The molecular weight excluding hydrogens is 389 g/mol. The average molecular weight is 407 g/mol. The van der Waals surface area contributed by atoms with Gasteiger partial charge in [-0.3, -0.25) is 0 Å². The van der Waals surface area contributed by atoms with Crippen LogP contribution in [0, 0.1) is 0 Å². The minimum atomic E-state index is 0.680. The van der Waals surface area contributed by atoms with Crippen LogP contribution in [0.4, 0.5) is 0 Å². The van der Waals surface area contributed by atoms with Crippen LogP contribution in [0.25, 0.3) is 0 Å². The second kappa shape index (κ2) is 7.74. The van der Waals surface area contributed by atoms with Crippen molar-refractivity contribution in [3.05, 3.63) is 0 Å². The molecule has 0 saturated carbocycles. The Morgan fingerprint density at radius 2 is 1.13 bits per heavy atom. The van der Waals surface area contributed by atoms with Crippen LogP contribution < -0.4 is 0 Å². The molecule has 0 radical (unpaired) electrons. The fraction of sp³-hybridized carbons (Fsp3) is 1.00. The molecule has 0 aliphatic carbocycles. The molecule has 2 fully saturated rings. The number of ether oxygens (including phenoxy) is 2. The van der Waals surface area contributed by atoms with E-state index in [4.69, 9.17) is 9.47 Å². The maximum absolute atomic E-state index is 5.21. The van der Waals surface area contributed by atoms with Crippen molar-refractivity contribution in [3.8, 4) is 0 Å². The third-order valence-electron chi connectivity index (χ3n) is 2.16. The average Bonchev–Trinajstić information content (AvgIpc) is 3.10. The molecule has 2 aliphatic rings. The molecule has 0 amide bonds. The van der Waals surface area contributed by atoms with E-state index < -0.39 is 0 Å². The third-order valence-corrected chi connectivity index (χ3v) is 11.5. The first-order valence-electron chi connectivity index (χ1n) is 5.41. The third kappa shape index (κ3) is 7.41. The first-order valence-corrected chi connectivity index (χ1v) is 12.7. The summed E-state index contributed by atoms with van der Waals surface area (Å²) in [7, 11) is 0. The Morgan fingerprint density at radius 1 is 0.733 bits per heavy atom. The van der Waals surface area contributed by atoms with Gasteiger partial charge in [0.15, 0.2) is 0 Å². The van der Waals surface area contributed by atoms with Crippen LogP contribution in [0.1, 0.15) is 0 Å². The normalized spacial score (nSPS) is 28.0. The van der Waals surface area contributed by atoms with Crippen LogP contribution in [0.15, 0.2) is 0 Å². The first kappa shape index (κ1) is 12.9. The summed E-state index contributed by atoms with van der Waals surface area (Å²) in [5, 5.41) is 8.82. The topological polar surface area (TPSA) is 25.1 Å². The Labute approximate surface area is 111 Å². The van der Waals surface area contributed by atoms with Crippen molar-refractivity contribution >= 4 is 44.9 Å². The summed E-state index contributed by atoms with van der Waals surface area (Å²) >= 11 is 2.71. The fourth-order valence-corrected chi connectivity index (χ4v) is 10.3. The zero-order valence-electron chi connectivity index (χ0n) is 8.85. The second-order valence-corrected chi connectivity index (χ2v) is 11.1. The van der Waals surface area contributed by atoms with Crippen molar-refractivity contribution in [1.82, 2.24) is 0 Å². The van der Waals surface area contributed by atoms with Gasteiger partial charge in [-0.05, 0) is 0 Å². The van der Waals surface area contributed by atoms with E-state index in [-0.39, 0.29) is 0 Å². The van der Waals surface area contributed by atoms with Gasteiger partial charge in [-0.25, -0.2) is 0 Å². The SMILES string of the molecule is C(C[Se]CC1CO1)[Se]CC[Se]CC1CO1. The van der Waals surface area contributed by atoms with Crippen molar-refractivity contribution in [3.63, 3.8) is 0 Å². The fourth-order valence-electron chi connectivity index (χ4n) is 1.10. The van der Waals surface area contributed by atoms with E-state index >= 15 is 0 Å². The predicted molar refractivity (Wildman–Crippen MR) is 65.6 cm³/mol. The molecule has 0 aromatic rings. The molecule has 2 saturated heterocycles. The van der Waals surface area contributed by atoms with E-state index in [0.29, 0.717) is 12.2 Å². The van der Waals surface area contributed by atoms with Gasteiger partial charge >= 0.3 is 112 Å². The van der Waals surface area contributed by atoms with Crippen LogP contribution in [0.3, 0.4) is 0 Å². The molecule has 0 N–H and O–H groups in total. The van der Waals surface area contributed by atoms with Crippen molar-refractivity contribution in [2.45, 2.75) is 44.1 Å². The molecule has 5 heteroatoms. The van der Waals surface area contributed by atoms with Gasteiger partial charge in [0, 0.05) is 0 Å². The van der Waals surface area contributed by atoms with Gasteiger partial charge in [-0.2, -0.15) is 0 Å². The quantitative estimate of drug-likeness (QED) is 0.311. The van der Waals surface area contributed by atoms with Gasteiger partial charge < -0.3 is 0 Å². The molecule has 2 heterocycles. The molecule has 0 aromatic carbocycles. The molecule has 2 unspecified atom stereocenters. The van der Waals surface area contributed by atoms with Crippen molar-refractivity contribution in [2.24, 2.45) is 0 Å². The summed E-state index contributed by atoms with van der Waals surface area (Å²) in [5.74, 6) is 0. The molecule has 88 valence electrons. The Hall–Kier alpha value is 1.48. The zero-order chi connectivity index (χ0) is 10.3. The number of hydrogen-bond acceptors (Lipinski definition) is 2. The van der Waals surface area contributed by atoms with E-state index in [1.165, 1.54) is 31.9 Å². The first-order chi connectivity index (χ1) is 7.45. The van der Waals surface area contributed by atoms with Crippen molar-refractivity contribution in [1.29, 1.82) is 0 Å². The number of rotatable bonds is 10. The Balaban J connectivity index is 1.23. The predicted octanol–water partition coefficient (Wildman–Crippen LogP) is 1.41. The zero-order valence-corrected chi connectivity index (χ0v) is 14.0. The number of hydrogen-bond donors (Lipinski definition) is 0. The molecule has 0 spiro atoms. The van der Waals surface area contributed by atoms with Gasteiger partial charge in [0.2, 0.25) is 0 Å². The Kier molecular flexibility index (Phi) is 6.67. The van der Waals surface area contributed by atoms with Crippen LogP contribution in [-0.2, 0) is 9.47 Å². The van der Waals surface area contributed by atoms with Gasteiger partial charge in [-0.15, -0.1) is 0 Å². The number of epoxide rings is 2. The second-order valence-electron chi connectivity index (χ2n) is 3.67. The molecule has 2 rings (SSSR count). The van der Waals surface area contributed by atoms with Crippen LogP contribution >= 0.6 is 0 Å². The summed E-state index contributed by atoms with van der Waals surface area (Å²) in [6.07, 6.45) is 1.36. The van der Waals surface area contributed by atoms with Gasteiger partial charge in [0.25, 0.3) is 0 Å². The van der Waals surface area contributed by atoms with Crippen LogP contribution in [0.2, 0.25) is 31.9 Å². The molecule has 0 bridgehead atoms. The monoisotopic (exact) mass is 410 g/mol. The molecule has 2 nitrogen and oxygen atoms in total. The molecule has 2 atom stereocenters. The Morgan fingerprint density at radius 3 is 1.53 bits per heavy atom. The van der Waals surface area contributed by atoms with Crippen LogP contribution in [-0.4, -0.2) is 70.3 Å². The molecule has 0 aromatic heterocycles. The standard InChI is InChI=1S/C10H18O2Se3/c1(3-14-7-9-5-11-9)13-2-4-15-8-10-6-12-10/h9-10H,1-8H2. The van der Waals surface area contributed by atoms with Gasteiger partial charge in [-0.1, -0.05) is 0 Å². The maximum atomic E-state index is 5.21. The summed E-state index contributed by atoms with van der Waals surface area (Å²) in [6.45, 7) is 2.11. The van der Waals surface area contributed by atoms with Crippen LogP contribution in [0.5, 0.6) is 0 Å².